The molecule has 0 aromatic heterocycles. The lowest BCUT2D eigenvalue weighted by atomic mass is 10.1. The van der Waals surface area contributed by atoms with Crippen molar-refractivity contribution in [1.29, 1.82) is 0 Å². The number of anilines is 2. The fourth-order valence-electron chi connectivity index (χ4n) is 1.74. The second-order valence-corrected chi connectivity index (χ2v) is 4.54. The van der Waals surface area contributed by atoms with Crippen molar-refractivity contribution in [3.8, 4) is 5.75 Å². The Hall–Kier alpha value is -2.82. The van der Waals surface area contributed by atoms with E-state index in [2.05, 4.69) is 5.32 Å². The van der Waals surface area contributed by atoms with Gasteiger partial charge < -0.3 is 15.8 Å². The van der Waals surface area contributed by atoms with Crippen LogP contribution in [-0.4, -0.2) is 18.3 Å². The van der Waals surface area contributed by atoms with Crippen LogP contribution in [0.1, 0.15) is 17.3 Å². The van der Waals surface area contributed by atoms with Crippen molar-refractivity contribution in [2.75, 3.05) is 17.7 Å². The molecule has 1 amide bonds. The Labute approximate surface area is 122 Å². The SMILES string of the molecule is CC(=O)Nc1ccc(OCC(=O)c2ccc(N)cc2)cc1. The predicted octanol–water partition coefficient (Wildman–Crippen LogP) is 2.49. The maximum absolute atomic E-state index is 11.9. The Balaban J connectivity index is 1.92. The number of carbonyl (C=O) groups excluding carboxylic acids is 2. The molecule has 108 valence electrons. The summed E-state index contributed by atoms with van der Waals surface area (Å²) in [7, 11) is 0. The highest BCUT2D eigenvalue weighted by molar-refractivity contribution is 5.97. The molecule has 5 heteroatoms. The fraction of sp³-hybridized carbons (Fsp3) is 0.125. The molecule has 0 bridgehead atoms. The molecule has 0 atom stereocenters. The van der Waals surface area contributed by atoms with E-state index in [0.717, 1.165) is 0 Å². The van der Waals surface area contributed by atoms with E-state index in [-0.39, 0.29) is 18.3 Å². The molecule has 0 radical (unpaired) electrons. The number of nitrogen functional groups attached to an aromatic ring is 1. The Morgan fingerprint density at radius 3 is 2.24 bits per heavy atom. The first kappa shape index (κ1) is 14.6. The molecule has 0 unspecified atom stereocenters. The molecule has 21 heavy (non-hydrogen) atoms. The Kier molecular flexibility index (Phi) is 4.56. The van der Waals surface area contributed by atoms with Gasteiger partial charge >= 0.3 is 0 Å². The Morgan fingerprint density at radius 1 is 1.05 bits per heavy atom. The number of nitrogens with one attached hydrogen (secondary N) is 1. The van der Waals surface area contributed by atoms with E-state index in [0.29, 0.717) is 22.7 Å². The van der Waals surface area contributed by atoms with Crippen LogP contribution in [0.25, 0.3) is 0 Å². The van der Waals surface area contributed by atoms with Gasteiger partial charge in [0.15, 0.2) is 12.4 Å². The van der Waals surface area contributed by atoms with Crippen LogP contribution in [0.4, 0.5) is 11.4 Å². The number of Topliss-reactive ketones (excluding diaryl/α,β-unsaturated/α-hetero) is 1. The standard InChI is InChI=1S/C16H16N2O3/c1-11(19)18-14-6-8-15(9-7-14)21-10-16(20)12-2-4-13(17)5-3-12/h2-9H,10,17H2,1H3,(H,18,19). The average Bonchev–Trinajstić information content (AvgIpc) is 2.46. The van der Waals surface area contributed by atoms with Crippen LogP contribution in [-0.2, 0) is 4.79 Å². The number of rotatable bonds is 5. The molecule has 5 nitrogen and oxygen atoms in total. The number of ketones is 1. The van der Waals surface area contributed by atoms with Crippen LogP contribution < -0.4 is 15.8 Å². The number of ether oxygens (including phenoxy) is 1. The minimum atomic E-state index is -0.137. The summed E-state index contributed by atoms with van der Waals surface area (Å²) < 4.78 is 5.42. The number of nitrogens with two attached hydrogens (primary N) is 1. The minimum absolute atomic E-state index is 0.0522. The topological polar surface area (TPSA) is 81.4 Å². The van der Waals surface area contributed by atoms with Crippen LogP contribution in [0.15, 0.2) is 48.5 Å². The summed E-state index contributed by atoms with van der Waals surface area (Å²) in [5, 5.41) is 2.65. The molecule has 0 aliphatic rings. The van der Waals surface area contributed by atoms with Gasteiger partial charge in [0.05, 0.1) is 0 Å². The summed E-state index contributed by atoms with van der Waals surface area (Å²) >= 11 is 0. The van der Waals surface area contributed by atoms with E-state index in [1.165, 1.54) is 6.92 Å². The molecule has 2 aromatic carbocycles. The van der Waals surface area contributed by atoms with Crippen molar-refractivity contribution in [2.24, 2.45) is 0 Å². The van der Waals surface area contributed by atoms with Gasteiger partial charge in [0.25, 0.3) is 0 Å². The fourth-order valence-corrected chi connectivity index (χ4v) is 1.74. The van der Waals surface area contributed by atoms with Gasteiger partial charge in [-0.1, -0.05) is 0 Å². The number of benzene rings is 2. The molecule has 0 aliphatic carbocycles. The lowest BCUT2D eigenvalue weighted by Gasteiger charge is -2.07. The number of carbonyl (C=O) groups is 2. The molecule has 3 N–H and O–H groups in total. The van der Waals surface area contributed by atoms with Crippen molar-refractivity contribution < 1.29 is 14.3 Å². The molecule has 0 spiro atoms. The van der Waals surface area contributed by atoms with Gasteiger partial charge in [0, 0.05) is 23.9 Å². The zero-order valence-electron chi connectivity index (χ0n) is 11.6. The lowest BCUT2D eigenvalue weighted by molar-refractivity contribution is -0.114. The summed E-state index contributed by atoms with van der Waals surface area (Å²) in [6, 6.07) is 13.5. The van der Waals surface area contributed by atoms with Gasteiger partial charge in [0.2, 0.25) is 5.91 Å². The first-order valence-corrected chi connectivity index (χ1v) is 6.44. The maximum atomic E-state index is 11.9. The molecular formula is C16H16N2O3. The molecule has 0 saturated heterocycles. The molecule has 2 aromatic rings. The third-order valence-corrected chi connectivity index (χ3v) is 2.78. The smallest absolute Gasteiger partial charge is 0.221 e. The third-order valence-electron chi connectivity index (χ3n) is 2.78. The minimum Gasteiger partial charge on any atom is -0.485 e. The van der Waals surface area contributed by atoms with Gasteiger partial charge in [-0.05, 0) is 48.5 Å². The zero-order valence-corrected chi connectivity index (χ0v) is 11.6. The normalized spacial score (nSPS) is 9.95. The summed E-state index contributed by atoms with van der Waals surface area (Å²) in [5.41, 5.74) is 7.41. The Morgan fingerprint density at radius 2 is 1.67 bits per heavy atom. The monoisotopic (exact) mass is 284 g/mol. The van der Waals surface area contributed by atoms with Gasteiger partial charge in [-0.25, -0.2) is 0 Å². The van der Waals surface area contributed by atoms with E-state index in [9.17, 15) is 9.59 Å². The molecular weight excluding hydrogens is 268 g/mol. The van der Waals surface area contributed by atoms with Crippen LogP contribution >= 0.6 is 0 Å². The maximum Gasteiger partial charge on any atom is 0.221 e. The van der Waals surface area contributed by atoms with Crippen molar-refractivity contribution in [2.45, 2.75) is 6.92 Å². The number of hydrogen-bond acceptors (Lipinski definition) is 4. The first-order chi connectivity index (χ1) is 10.0. The van der Waals surface area contributed by atoms with E-state index in [1.807, 2.05) is 0 Å². The third kappa shape index (κ3) is 4.35. The largest absolute Gasteiger partial charge is 0.485 e. The molecule has 0 heterocycles. The van der Waals surface area contributed by atoms with E-state index >= 15 is 0 Å². The van der Waals surface area contributed by atoms with E-state index in [1.54, 1.807) is 48.5 Å². The summed E-state index contributed by atoms with van der Waals surface area (Å²) in [6.07, 6.45) is 0. The van der Waals surface area contributed by atoms with E-state index < -0.39 is 0 Å². The summed E-state index contributed by atoms with van der Waals surface area (Å²) in [5.74, 6) is 0.302. The molecule has 0 fully saturated rings. The molecule has 0 aliphatic heterocycles. The second kappa shape index (κ2) is 6.56. The highest BCUT2D eigenvalue weighted by atomic mass is 16.5. The number of hydrogen-bond donors (Lipinski definition) is 2. The summed E-state index contributed by atoms with van der Waals surface area (Å²) in [6.45, 7) is 1.39. The Bertz CT molecular complexity index is 634. The average molecular weight is 284 g/mol. The van der Waals surface area contributed by atoms with Gasteiger partial charge in [-0.3, -0.25) is 9.59 Å². The van der Waals surface area contributed by atoms with E-state index in [4.69, 9.17) is 10.5 Å². The van der Waals surface area contributed by atoms with Crippen LogP contribution in [0, 0.1) is 0 Å². The van der Waals surface area contributed by atoms with Crippen LogP contribution in [0.5, 0.6) is 5.75 Å². The van der Waals surface area contributed by atoms with Gasteiger partial charge in [0.1, 0.15) is 5.75 Å². The van der Waals surface area contributed by atoms with Crippen molar-refractivity contribution in [3.05, 3.63) is 54.1 Å². The summed E-state index contributed by atoms with van der Waals surface area (Å²) in [4.78, 5) is 22.8. The zero-order chi connectivity index (χ0) is 15.2. The second-order valence-electron chi connectivity index (χ2n) is 4.54. The number of amides is 1. The first-order valence-electron chi connectivity index (χ1n) is 6.44. The quantitative estimate of drug-likeness (QED) is 0.653. The van der Waals surface area contributed by atoms with Crippen LogP contribution in [0.2, 0.25) is 0 Å². The van der Waals surface area contributed by atoms with Gasteiger partial charge in [-0.15, -0.1) is 0 Å². The predicted molar refractivity (Wildman–Crippen MR) is 81.4 cm³/mol. The van der Waals surface area contributed by atoms with Crippen LogP contribution in [0.3, 0.4) is 0 Å². The lowest BCUT2D eigenvalue weighted by Crippen LogP contribution is -2.11. The highest BCUT2D eigenvalue weighted by Gasteiger charge is 2.06. The van der Waals surface area contributed by atoms with Crippen molar-refractivity contribution in [3.63, 3.8) is 0 Å². The molecule has 0 saturated carbocycles. The molecule has 2 rings (SSSR count). The van der Waals surface area contributed by atoms with Gasteiger partial charge in [-0.2, -0.15) is 0 Å². The highest BCUT2D eigenvalue weighted by Crippen LogP contribution is 2.16. The van der Waals surface area contributed by atoms with Crippen molar-refractivity contribution in [1.82, 2.24) is 0 Å². The van der Waals surface area contributed by atoms with Crippen molar-refractivity contribution >= 4 is 23.1 Å².